The van der Waals surface area contributed by atoms with E-state index in [1.54, 1.807) is 12.3 Å². The number of hydrogen-bond donors (Lipinski definition) is 0. The van der Waals surface area contributed by atoms with Crippen LogP contribution in [0.2, 0.25) is 5.28 Å². The minimum atomic E-state index is 0.241. The summed E-state index contributed by atoms with van der Waals surface area (Å²) in [5, 5.41) is 1.20. The highest BCUT2D eigenvalue weighted by Gasteiger charge is 2.06. The minimum Gasteiger partial charge on any atom is -0.501 e. The number of aryl methyl sites for hydroxylation is 1. The van der Waals surface area contributed by atoms with Crippen LogP contribution in [0.15, 0.2) is 18.5 Å². The van der Waals surface area contributed by atoms with Crippen molar-refractivity contribution in [3.05, 3.63) is 29.5 Å². The molecule has 2 rings (SSSR count). The van der Waals surface area contributed by atoms with E-state index < -0.39 is 0 Å². The van der Waals surface area contributed by atoms with Crippen LogP contribution in [0.4, 0.5) is 0 Å². The Labute approximate surface area is 98.5 Å². The summed E-state index contributed by atoms with van der Waals surface area (Å²) in [4.78, 5) is 8.33. The molecule has 0 radical (unpaired) electrons. The lowest BCUT2D eigenvalue weighted by molar-refractivity contribution is 0.272. The van der Waals surface area contributed by atoms with E-state index in [2.05, 4.69) is 9.97 Å². The van der Waals surface area contributed by atoms with Crippen LogP contribution in [0.1, 0.15) is 12.6 Å². The summed E-state index contributed by atoms with van der Waals surface area (Å²) in [6, 6.07) is 1.96. The monoisotopic (exact) mass is 237 g/mol. The van der Waals surface area contributed by atoms with Crippen molar-refractivity contribution in [3.63, 3.8) is 0 Å². The Hall–Kier alpha value is -1.55. The molecule has 0 saturated carbocycles. The van der Waals surface area contributed by atoms with Crippen LogP contribution in [-0.2, 0) is 11.8 Å². The molecule has 0 atom stereocenters. The van der Waals surface area contributed by atoms with Gasteiger partial charge in [-0.2, -0.15) is 4.98 Å². The first-order chi connectivity index (χ1) is 7.72. The Morgan fingerprint density at radius 3 is 3.06 bits per heavy atom. The topological polar surface area (TPSA) is 39.9 Å². The van der Waals surface area contributed by atoms with Crippen LogP contribution in [0.5, 0.6) is 0 Å². The Kier molecular flexibility index (Phi) is 3.10. The molecule has 0 bridgehead atoms. The lowest BCUT2D eigenvalue weighted by atomic mass is 10.3. The quantitative estimate of drug-likeness (QED) is 0.609. The minimum absolute atomic E-state index is 0.241. The van der Waals surface area contributed by atoms with Gasteiger partial charge in [-0.25, -0.2) is 4.98 Å². The van der Waals surface area contributed by atoms with Gasteiger partial charge in [0.1, 0.15) is 5.65 Å². The molecule has 2 aromatic rings. The summed E-state index contributed by atoms with van der Waals surface area (Å²) >= 11 is 5.86. The van der Waals surface area contributed by atoms with Crippen LogP contribution in [0.25, 0.3) is 17.1 Å². The third-order valence-electron chi connectivity index (χ3n) is 2.22. The average molecular weight is 238 g/mol. The van der Waals surface area contributed by atoms with Gasteiger partial charge in [0.25, 0.3) is 0 Å². The zero-order valence-electron chi connectivity index (χ0n) is 9.14. The number of rotatable bonds is 3. The molecule has 4 nitrogen and oxygen atoms in total. The maximum absolute atomic E-state index is 5.86. The normalized spacial score (nSPS) is 11.4. The molecule has 5 heteroatoms. The third-order valence-corrected chi connectivity index (χ3v) is 2.38. The third kappa shape index (κ3) is 2.02. The van der Waals surface area contributed by atoms with Crippen molar-refractivity contribution in [1.82, 2.24) is 14.5 Å². The summed E-state index contributed by atoms with van der Waals surface area (Å²) in [5.41, 5.74) is 1.58. The van der Waals surface area contributed by atoms with Gasteiger partial charge in [0.2, 0.25) is 5.28 Å². The Bertz CT molecular complexity index is 533. The van der Waals surface area contributed by atoms with E-state index in [-0.39, 0.29) is 5.28 Å². The van der Waals surface area contributed by atoms with Crippen molar-refractivity contribution in [2.45, 2.75) is 6.92 Å². The van der Waals surface area contributed by atoms with E-state index in [9.17, 15) is 0 Å². The highest BCUT2D eigenvalue weighted by molar-refractivity contribution is 6.28. The van der Waals surface area contributed by atoms with Crippen LogP contribution in [-0.4, -0.2) is 21.1 Å². The molecule has 16 heavy (non-hydrogen) atoms. The smallest absolute Gasteiger partial charge is 0.224 e. The van der Waals surface area contributed by atoms with Gasteiger partial charge >= 0.3 is 0 Å². The van der Waals surface area contributed by atoms with E-state index in [0.717, 1.165) is 16.7 Å². The lowest BCUT2D eigenvalue weighted by Gasteiger charge is -1.99. The summed E-state index contributed by atoms with van der Waals surface area (Å²) in [7, 11) is 1.92. The number of halogens is 1. The molecule has 0 aliphatic rings. The zero-order chi connectivity index (χ0) is 11.5. The number of ether oxygens (including phenoxy) is 1. The number of aromatic nitrogens is 3. The standard InChI is InChI=1S/C11H12ClN3O/c1-3-16-7-5-9-8-4-6-15(2)10(8)14-11(12)13-9/h4-7H,3H2,1-2H3. The molecule has 0 spiro atoms. The largest absolute Gasteiger partial charge is 0.501 e. The molecule has 0 unspecified atom stereocenters. The van der Waals surface area contributed by atoms with Crippen LogP contribution < -0.4 is 0 Å². The van der Waals surface area contributed by atoms with Crippen LogP contribution in [0, 0.1) is 0 Å². The molecule has 84 valence electrons. The van der Waals surface area contributed by atoms with Crippen molar-refractivity contribution >= 4 is 28.7 Å². The highest BCUT2D eigenvalue weighted by atomic mass is 35.5. The maximum Gasteiger partial charge on any atom is 0.224 e. The second kappa shape index (κ2) is 4.53. The fraction of sp³-hybridized carbons (Fsp3) is 0.273. The maximum atomic E-state index is 5.86. The number of fused-ring (bicyclic) bond motifs is 1. The van der Waals surface area contributed by atoms with E-state index in [4.69, 9.17) is 16.3 Å². The first kappa shape index (κ1) is 11.0. The van der Waals surface area contributed by atoms with Gasteiger partial charge in [-0.15, -0.1) is 0 Å². The van der Waals surface area contributed by atoms with Crippen molar-refractivity contribution in [2.24, 2.45) is 7.05 Å². The SMILES string of the molecule is CCOC=Cc1nc(Cl)nc2c1ccn2C. The molecule has 0 N–H and O–H groups in total. The van der Waals surface area contributed by atoms with Crippen molar-refractivity contribution < 1.29 is 4.74 Å². The average Bonchev–Trinajstić information content (AvgIpc) is 2.61. The zero-order valence-corrected chi connectivity index (χ0v) is 9.90. The molecule has 0 amide bonds. The first-order valence-corrected chi connectivity index (χ1v) is 5.37. The van der Waals surface area contributed by atoms with E-state index >= 15 is 0 Å². The van der Waals surface area contributed by atoms with Gasteiger partial charge in [0.05, 0.1) is 18.6 Å². The molecule has 2 aromatic heterocycles. The second-order valence-corrected chi connectivity index (χ2v) is 3.64. The van der Waals surface area contributed by atoms with Gasteiger partial charge in [0.15, 0.2) is 0 Å². The van der Waals surface area contributed by atoms with E-state index in [0.29, 0.717) is 6.61 Å². The van der Waals surface area contributed by atoms with Gasteiger partial charge in [0, 0.05) is 18.6 Å². The van der Waals surface area contributed by atoms with Gasteiger partial charge in [-0.1, -0.05) is 0 Å². The molecular weight excluding hydrogens is 226 g/mol. The summed E-state index contributed by atoms with van der Waals surface area (Å²) < 4.78 is 7.05. The first-order valence-electron chi connectivity index (χ1n) is 4.99. The van der Waals surface area contributed by atoms with Gasteiger partial charge < -0.3 is 9.30 Å². The highest BCUT2D eigenvalue weighted by Crippen LogP contribution is 2.19. The molecule has 0 aromatic carbocycles. The summed E-state index contributed by atoms with van der Waals surface area (Å²) in [6.07, 6.45) is 5.33. The summed E-state index contributed by atoms with van der Waals surface area (Å²) in [5.74, 6) is 0. The van der Waals surface area contributed by atoms with Gasteiger partial charge in [-0.3, -0.25) is 0 Å². The predicted molar refractivity (Wildman–Crippen MR) is 64.2 cm³/mol. The molecule has 0 aliphatic heterocycles. The molecule has 0 saturated heterocycles. The van der Waals surface area contributed by atoms with Crippen molar-refractivity contribution in [1.29, 1.82) is 0 Å². The Morgan fingerprint density at radius 1 is 1.50 bits per heavy atom. The lowest BCUT2D eigenvalue weighted by Crippen LogP contribution is -1.93. The van der Waals surface area contributed by atoms with E-state index in [1.165, 1.54) is 0 Å². The number of nitrogens with zero attached hydrogens (tertiary/aromatic N) is 3. The summed E-state index contributed by atoms with van der Waals surface area (Å²) in [6.45, 7) is 2.56. The molecule has 2 heterocycles. The molecule has 0 fully saturated rings. The Balaban J connectivity index is 2.51. The fourth-order valence-corrected chi connectivity index (χ4v) is 1.64. The number of hydrogen-bond acceptors (Lipinski definition) is 3. The van der Waals surface area contributed by atoms with Crippen molar-refractivity contribution in [3.8, 4) is 0 Å². The molecular formula is C11H12ClN3O. The van der Waals surface area contributed by atoms with Crippen LogP contribution >= 0.6 is 11.6 Å². The van der Waals surface area contributed by atoms with Gasteiger partial charge in [-0.05, 0) is 30.7 Å². The molecule has 0 aliphatic carbocycles. The predicted octanol–water partition coefficient (Wildman–Crippen LogP) is 2.63. The van der Waals surface area contributed by atoms with E-state index in [1.807, 2.05) is 30.8 Å². The Morgan fingerprint density at radius 2 is 2.31 bits per heavy atom. The fourth-order valence-electron chi connectivity index (χ4n) is 1.47. The van der Waals surface area contributed by atoms with Crippen molar-refractivity contribution in [2.75, 3.05) is 6.61 Å². The van der Waals surface area contributed by atoms with Crippen LogP contribution in [0.3, 0.4) is 0 Å². The second-order valence-electron chi connectivity index (χ2n) is 3.30.